The fourth-order valence-electron chi connectivity index (χ4n) is 1.96. The number of halogens is 1. The molecule has 2 aromatic rings. The Bertz CT molecular complexity index is 569. The molecule has 0 bridgehead atoms. The van der Waals surface area contributed by atoms with Gasteiger partial charge >= 0.3 is 0 Å². The van der Waals surface area contributed by atoms with Gasteiger partial charge in [0, 0.05) is 16.6 Å². The van der Waals surface area contributed by atoms with Crippen LogP contribution in [0, 0.1) is 0 Å². The molecule has 0 fully saturated rings. The first-order valence-corrected chi connectivity index (χ1v) is 7.72. The van der Waals surface area contributed by atoms with Crippen LogP contribution in [0.5, 0.6) is 0 Å². The molecule has 1 aromatic carbocycles. The molecular formula is C17H20BrNO. The average Bonchev–Trinajstić information content (AvgIpc) is 2.88. The van der Waals surface area contributed by atoms with Crippen LogP contribution in [0.15, 0.2) is 50.9 Å². The molecule has 1 heterocycles. The molecule has 0 aliphatic carbocycles. The normalized spacial score (nSPS) is 11.8. The molecule has 0 spiro atoms. The lowest BCUT2D eigenvalue weighted by Crippen LogP contribution is -2.16. The maximum atomic E-state index is 5.87. The van der Waals surface area contributed by atoms with E-state index in [1.165, 1.54) is 5.57 Å². The monoisotopic (exact) mass is 333 g/mol. The molecule has 0 radical (unpaired) electrons. The lowest BCUT2D eigenvalue weighted by Gasteiger charge is -2.02. The molecule has 2 rings (SSSR count). The molecule has 0 aliphatic rings. The van der Waals surface area contributed by atoms with E-state index >= 15 is 0 Å². The summed E-state index contributed by atoms with van der Waals surface area (Å²) >= 11 is 3.44. The minimum atomic E-state index is 0.901. The van der Waals surface area contributed by atoms with Crippen molar-refractivity contribution in [1.29, 1.82) is 0 Å². The molecule has 106 valence electrons. The Balaban J connectivity index is 2.05. The van der Waals surface area contributed by atoms with Crippen LogP contribution in [0.3, 0.4) is 0 Å². The highest BCUT2D eigenvalue weighted by Gasteiger charge is 2.03. The SMILES string of the molecule is CCCNCC(C)=Cc1ccc(-c2ccc(Br)cc2)o1. The maximum absolute atomic E-state index is 5.87. The molecule has 0 aliphatic heterocycles. The first-order chi connectivity index (χ1) is 9.69. The van der Waals surface area contributed by atoms with Crippen LogP contribution in [-0.4, -0.2) is 13.1 Å². The number of rotatable bonds is 6. The maximum Gasteiger partial charge on any atom is 0.134 e. The summed E-state index contributed by atoms with van der Waals surface area (Å²) in [6.07, 6.45) is 3.24. The van der Waals surface area contributed by atoms with Crippen LogP contribution in [-0.2, 0) is 0 Å². The summed E-state index contributed by atoms with van der Waals surface area (Å²) in [5, 5.41) is 3.38. The summed E-state index contributed by atoms with van der Waals surface area (Å²) in [6.45, 7) is 6.24. The van der Waals surface area contributed by atoms with Gasteiger partial charge in [-0.3, -0.25) is 0 Å². The van der Waals surface area contributed by atoms with Gasteiger partial charge < -0.3 is 9.73 Å². The van der Waals surface area contributed by atoms with Crippen molar-refractivity contribution < 1.29 is 4.42 Å². The molecular weight excluding hydrogens is 314 g/mol. The minimum Gasteiger partial charge on any atom is -0.457 e. The highest BCUT2D eigenvalue weighted by molar-refractivity contribution is 9.10. The molecule has 0 amide bonds. The molecule has 0 unspecified atom stereocenters. The highest BCUT2D eigenvalue weighted by Crippen LogP contribution is 2.24. The highest BCUT2D eigenvalue weighted by atomic mass is 79.9. The van der Waals surface area contributed by atoms with Crippen molar-refractivity contribution in [2.24, 2.45) is 0 Å². The van der Waals surface area contributed by atoms with Gasteiger partial charge in [-0.2, -0.15) is 0 Å². The summed E-state index contributed by atoms with van der Waals surface area (Å²) in [5.41, 5.74) is 2.37. The topological polar surface area (TPSA) is 25.2 Å². The Morgan fingerprint density at radius 3 is 2.65 bits per heavy atom. The second kappa shape index (κ2) is 7.46. The molecule has 1 aromatic heterocycles. The van der Waals surface area contributed by atoms with E-state index in [1.807, 2.05) is 36.4 Å². The van der Waals surface area contributed by atoms with Gasteiger partial charge in [-0.1, -0.05) is 40.6 Å². The Labute approximate surface area is 129 Å². The predicted molar refractivity (Wildman–Crippen MR) is 88.7 cm³/mol. The number of hydrogen-bond donors (Lipinski definition) is 1. The number of benzene rings is 1. The van der Waals surface area contributed by atoms with Crippen LogP contribution >= 0.6 is 15.9 Å². The Morgan fingerprint density at radius 2 is 1.95 bits per heavy atom. The first kappa shape index (κ1) is 15.1. The largest absolute Gasteiger partial charge is 0.457 e. The second-order valence-electron chi connectivity index (χ2n) is 4.88. The van der Waals surface area contributed by atoms with Crippen LogP contribution in [0.4, 0.5) is 0 Å². The van der Waals surface area contributed by atoms with E-state index < -0.39 is 0 Å². The molecule has 1 N–H and O–H groups in total. The number of nitrogens with one attached hydrogen (secondary N) is 1. The van der Waals surface area contributed by atoms with E-state index in [4.69, 9.17) is 4.42 Å². The van der Waals surface area contributed by atoms with Gasteiger partial charge in [0.1, 0.15) is 11.5 Å². The van der Waals surface area contributed by atoms with E-state index in [-0.39, 0.29) is 0 Å². The summed E-state index contributed by atoms with van der Waals surface area (Å²) in [6, 6.07) is 12.2. The number of furan rings is 1. The average molecular weight is 334 g/mol. The first-order valence-electron chi connectivity index (χ1n) is 6.92. The molecule has 0 atom stereocenters. The van der Waals surface area contributed by atoms with E-state index in [2.05, 4.69) is 41.2 Å². The Morgan fingerprint density at radius 1 is 1.20 bits per heavy atom. The van der Waals surface area contributed by atoms with Crippen molar-refractivity contribution in [3.63, 3.8) is 0 Å². The van der Waals surface area contributed by atoms with Crippen LogP contribution in [0.1, 0.15) is 26.0 Å². The molecule has 3 heteroatoms. The zero-order valence-corrected chi connectivity index (χ0v) is 13.5. The van der Waals surface area contributed by atoms with Crippen LogP contribution < -0.4 is 5.32 Å². The Kier molecular flexibility index (Phi) is 5.62. The summed E-state index contributed by atoms with van der Waals surface area (Å²) in [4.78, 5) is 0. The van der Waals surface area contributed by atoms with Gasteiger partial charge in [0.05, 0.1) is 0 Å². The standard InChI is InChI=1S/C17H20BrNO/c1-3-10-19-12-13(2)11-16-8-9-17(20-16)14-4-6-15(18)7-5-14/h4-9,11,19H,3,10,12H2,1-2H3. The lowest BCUT2D eigenvalue weighted by atomic mass is 10.2. The molecule has 0 saturated carbocycles. The molecule has 2 nitrogen and oxygen atoms in total. The fraction of sp³-hybridized carbons (Fsp3) is 0.294. The molecule has 0 saturated heterocycles. The van der Waals surface area contributed by atoms with Crippen LogP contribution in [0.25, 0.3) is 17.4 Å². The third-order valence-corrected chi connectivity index (χ3v) is 3.50. The summed E-state index contributed by atoms with van der Waals surface area (Å²) in [5.74, 6) is 1.80. The lowest BCUT2D eigenvalue weighted by molar-refractivity contribution is 0.571. The van der Waals surface area contributed by atoms with Crippen molar-refractivity contribution >= 4 is 22.0 Å². The van der Waals surface area contributed by atoms with Crippen molar-refractivity contribution in [3.8, 4) is 11.3 Å². The van der Waals surface area contributed by atoms with Crippen molar-refractivity contribution in [2.75, 3.05) is 13.1 Å². The minimum absolute atomic E-state index is 0.901. The van der Waals surface area contributed by atoms with Gasteiger partial charge in [0.2, 0.25) is 0 Å². The smallest absolute Gasteiger partial charge is 0.134 e. The quantitative estimate of drug-likeness (QED) is 0.743. The van der Waals surface area contributed by atoms with Crippen LogP contribution in [0.2, 0.25) is 0 Å². The zero-order chi connectivity index (χ0) is 14.4. The zero-order valence-electron chi connectivity index (χ0n) is 11.9. The van der Waals surface area contributed by atoms with E-state index in [0.717, 1.165) is 41.1 Å². The van der Waals surface area contributed by atoms with Gasteiger partial charge in [-0.15, -0.1) is 0 Å². The van der Waals surface area contributed by atoms with E-state index in [9.17, 15) is 0 Å². The van der Waals surface area contributed by atoms with Gasteiger partial charge in [-0.05, 0) is 50.2 Å². The van der Waals surface area contributed by atoms with Crippen molar-refractivity contribution in [1.82, 2.24) is 5.32 Å². The Hall–Kier alpha value is -1.32. The summed E-state index contributed by atoms with van der Waals surface area (Å²) in [7, 11) is 0. The van der Waals surface area contributed by atoms with Crippen molar-refractivity contribution in [2.45, 2.75) is 20.3 Å². The van der Waals surface area contributed by atoms with Crippen molar-refractivity contribution in [3.05, 3.63) is 52.2 Å². The third kappa shape index (κ3) is 4.36. The third-order valence-electron chi connectivity index (χ3n) is 2.97. The number of hydrogen-bond acceptors (Lipinski definition) is 2. The molecule has 20 heavy (non-hydrogen) atoms. The van der Waals surface area contributed by atoms with Gasteiger partial charge in [-0.25, -0.2) is 0 Å². The fourth-order valence-corrected chi connectivity index (χ4v) is 2.22. The van der Waals surface area contributed by atoms with Gasteiger partial charge in [0.15, 0.2) is 0 Å². The predicted octanol–water partition coefficient (Wildman–Crippen LogP) is 5.11. The second-order valence-corrected chi connectivity index (χ2v) is 5.79. The summed E-state index contributed by atoms with van der Waals surface area (Å²) < 4.78 is 6.94. The van der Waals surface area contributed by atoms with E-state index in [1.54, 1.807) is 0 Å². The van der Waals surface area contributed by atoms with E-state index in [0.29, 0.717) is 0 Å². The van der Waals surface area contributed by atoms with Gasteiger partial charge in [0.25, 0.3) is 0 Å².